The van der Waals surface area contributed by atoms with E-state index < -0.39 is 43.9 Å². The van der Waals surface area contributed by atoms with Crippen molar-refractivity contribution >= 4 is 96.7 Å². The van der Waals surface area contributed by atoms with Crippen LogP contribution in [0.4, 0.5) is 8.78 Å². The standard InChI is InChI=1S/C111H164F2N2O4Si4/c1-25-29-33-37-41-45-60-120(76(5)6,77(7)8)90-50-54-94-95-55-51-91(121(78(9)10,79(11)12)61-46-42-38-34-30-26-2)73-103(95)114(102(94)72-90)106-66-84(21)64-98(108(106)116)100-70-88(112)68-86(23)110(100)118-58-49-59-119-111-87(24)69-89(113)71-101(111)99-65-85(22)67-107(109(99)117)115-104-74-92(122(80(13)14,81(15)16)62-47-43-39-35-31-27-3)52-56-96(104)97-57-53-93(75-105(97)115)123(82(17)18,83(19)20)63-48-44-40-36-32-28-4/h50-57,64-83,116-117H,25-49,58-63H2,1-24H3. The van der Waals surface area contributed by atoms with Crippen LogP contribution in [-0.4, -0.2) is 64.9 Å². The maximum absolute atomic E-state index is 16.6. The summed E-state index contributed by atoms with van der Waals surface area (Å²) in [5.74, 6) is 0.315. The monoisotopic (exact) mass is 1740 g/mol. The SMILES string of the molecule is CCCCCCCC[Si](c1ccc2c3ccc([Si](CCCCCCCC)(C(C)C)C(C)C)cc3n(-c3cc(C)cc(-c4cc(F)cc(C)c4OCCCOc4c(C)cc(F)cc4-c4cc(C)cc(-n5c6cc([Si](CCCCCCCC)(C(C)C)C(C)C)ccc6c6ccc([Si](CCCCCCCC)(C(C)C)C(C)C)cc65)c4O)c3O)c2c1)(C(C)C)C(C)C. The van der Waals surface area contributed by atoms with E-state index in [4.69, 9.17) is 9.47 Å². The van der Waals surface area contributed by atoms with Crippen LogP contribution in [0, 0.1) is 39.3 Å². The van der Waals surface area contributed by atoms with Crippen LogP contribution in [-0.2, 0) is 0 Å². The predicted molar refractivity (Wildman–Crippen MR) is 545 cm³/mol. The van der Waals surface area contributed by atoms with E-state index in [1.807, 2.05) is 26.0 Å². The first-order chi connectivity index (χ1) is 58.8. The Kier molecular flexibility index (Phi) is 35.5. The number of phenolic OH excluding ortho intramolecular Hbond substituents is 2. The summed E-state index contributed by atoms with van der Waals surface area (Å²) in [6.07, 6.45) is 30.9. The molecule has 8 aromatic carbocycles. The van der Waals surface area contributed by atoms with Gasteiger partial charge in [-0.05, 0) is 167 Å². The second-order valence-electron chi connectivity index (χ2n) is 40.7. The lowest BCUT2D eigenvalue weighted by atomic mass is 9.97. The molecular formula is C111H164F2N2O4Si4. The maximum atomic E-state index is 16.6. The Labute approximate surface area is 749 Å². The molecule has 2 aromatic heterocycles. The van der Waals surface area contributed by atoms with Gasteiger partial charge in [0.25, 0.3) is 0 Å². The molecule has 0 aliphatic carbocycles. The number of benzene rings is 8. The number of fused-ring (bicyclic) bond motifs is 6. The second-order valence-corrected chi connectivity index (χ2v) is 62.5. The lowest BCUT2D eigenvalue weighted by Gasteiger charge is -2.40. The topological polar surface area (TPSA) is 68.8 Å². The maximum Gasteiger partial charge on any atom is 0.147 e. The molecule has 123 heavy (non-hydrogen) atoms. The summed E-state index contributed by atoms with van der Waals surface area (Å²) in [5, 5.41) is 37.8. The molecule has 0 bridgehead atoms. The number of aromatic hydroxyl groups is 2. The average Bonchev–Trinajstić information content (AvgIpc) is 1.57. The highest BCUT2D eigenvalue weighted by atomic mass is 28.3. The fraction of sp³-hybridized carbons (Fsp3) is 0.568. The van der Waals surface area contributed by atoms with Gasteiger partial charge in [0.2, 0.25) is 0 Å². The van der Waals surface area contributed by atoms with Gasteiger partial charge >= 0.3 is 0 Å². The molecule has 2 heterocycles. The number of ether oxygens (including phenoxy) is 2. The molecule has 0 aliphatic rings. The summed E-state index contributed by atoms with van der Waals surface area (Å²) >= 11 is 0. The smallest absolute Gasteiger partial charge is 0.147 e. The van der Waals surface area contributed by atoms with E-state index in [0.717, 1.165) is 33.2 Å². The highest BCUT2D eigenvalue weighted by Crippen LogP contribution is 2.51. The van der Waals surface area contributed by atoms with Gasteiger partial charge in [-0.2, -0.15) is 0 Å². The van der Waals surface area contributed by atoms with Gasteiger partial charge in [0.1, 0.15) is 34.6 Å². The van der Waals surface area contributed by atoms with Crippen LogP contribution in [0.2, 0.25) is 68.5 Å². The Balaban J connectivity index is 1.05. The number of aromatic nitrogens is 2. The normalized spacial score (nSPS) is 12.8. The van der Waals surface area contributed by atoms with Crippen LogP contribution >= 0.6 is 0 Å². The number of phenols is 2. The van der Waals surface area contributed by atoms with E-state index in [0.29, 0.717) is 107 Å². The van der Waals surface area contributed by atoms with Crippen LogP contribution in [0.15, 0.2) is 121 Å². The zero-order valence-corrected chi connectivity index (χ0v) is 85.4. The Morgan fingerprint density at radius 1 is 0.285 bits per heavy atom. The number of unbranched alkanes of at least 4 members (excludes halogenated alkanes) is 20. The summed E-state index contributed by atoms with van der Waals surface area (Å²) in [5.41, 5.74) is 14.9. The third kappa shape index (κ3) is 21.0. The zero-order valence-electron chi connectivity index (χ0n) is 81.4. The fourth-order valence-corrected chi connectivity index (χ4v) is 46.6. The predicted octanol–water partition coefficient (Wildman–Crippen LogP) is 33.3. The lowest BCUT2D eigenvalue weighted by Crippen LogP contribution is -2.53. The van der Waals surface area contributed by atoms with Gasteiger partial charge < -0.3 is 28.8 Å². The van der Waals surface area contributed by atoms with Crippen LogP contribution in [0.5, 0.6) is 23.0 Å². The van der Waals surface area contributed by atoms with Gasteiger partial charge in [-0.3, -0.25) is 0 Å². The van der Waals surface area contributed by atoms with Gasteiger partial charge in [0.05, 0.1) is 79.0 Å². The number of hydrogen-bond donors (Lipinski definition) is 2. The molecule has 12 heteroatoms. The molecule has 10 aromatic rings. The van der Waals surface area contributed by atoms with Crippen LogP contribution in [0.1, 0.15) is 321 Å². The van der Waals surface area contributed by atoms with E-state index in [2.05, 4.69) is 246 Å². The Morgan fingerprint density at radius 2 is 0.520 bits per heavy atom. The van der Waals surface area contributed by atoms with Crippen molar-refractivity contribution in [1.29, 1.82) is 0 Å². The van der Waals surface area contributed by atoms with Gasteiger partial charge in [-0.15, -0.1) is 0 Å². The molecule has 0 unspecified atom stereocenters. The minimum absolute atomic E-state index is 0.0778. The first-order valence-electron chi connectivity index (χ1n) is 49.5. The summed E-state index contributed by atoms with van der Waals surface area (Å²) in [4.78, 5) is 0. The molecule has 0 atom stereocenters. The van der Waals surface area contributed by atoms with Crippen molar-refractivity contribution < 1.29 is 28.5 Å². The van der Waals surface area contributed by atoms with E-state index in [-0.39, 0.29) is 24.7 Å². The van der Waals surface area contributed by atoms with Crippen molar-refractivity contribution in [3.8, 4) is 56.6 Å². The lowest BCUT2D eigenvalue weighted by molar-refractivity contribution is 0.246. The van der Waals surface area contributed by atoms with Gasteiger partial charge in [-0.25, -0.2) is 8.78 Å². The highest BCUT2D eigenvalue weighted by molar-refractivity contribution is 6.96. The average molecular weight is 1740 g/mol. The summed E-state index contributed by atoms with van der Waals surface area (Å²) in [6.45, 7) is 57.3. The van der Waals surface area contributed by atoms with Gasteiger partial charge in [0.15, 0.2) is 0 Å². The quantitative estimate of drug-likeness (QED) is 0.0294. The minimum atomic E-state index is -2.18. The Hall–Kier alpha value is -6.71. The van der Waals surface area contributed by atoms with Crippen LogP contribution in [0.3, 0.4) is 0 Å². The van der Waals surface area contributed by atoms with Gasteiger partial charge in [-0.1, -0.05) is 386 Å². The fourth-order valence-electron chi connectivity index (χ4n) is 23.6. The van der Waals surface area contributed by atoms with Crippen molar-refractivity contribution in [2.45, 2.75) is 395 Å². The molecule has 2 N–H and O–H groups in total. The molecule has 0 saturated heterocycles. The molecule has 10 rings (SSSR count). The third-order valence-corrected chi connectivity index (χ3v) is 57.2. The van der Waals surface area contributed by atoms with Crippen molar-refractivity contribution in [2.75, 3.05) is 13.2 Å². The Bertz CT molecular complexity index is 4570. The van der Waals surface area contributed by atoms with E-state index >= 15 is 8.78 Å². The van der Waals surface area contributed by atoms with Crippen LogP contribution in [0.25, 0.3) is 77.2 Å². The van der Waals surface area contributed by atoms with E-state index in [1.165, 1.54) is 245 Å². The molecule has 0 amide bonds. The number of rotatable bonds is 50. The molecule has 0 fully saturated rings. The minimum Gasteiger partial charge on any atom is -0.505 e. The summed E-state index contributed by atoms with van der Waals surface area (Å²) in [6, 6.07) is 49.2. The number of halogens is 2. The number of nitrogens with zero attached hydrogens (tertiary/aromatic N) is 2. The van der Waals surface area contributed by atoms with Crippen LogP contribution < -0.4 is 30.2 Å². The van der Waals surface area contributed by atoms with Crippen molar-refractivity contribution in [3.05, 3.63) is 155 Å². The molecule has 672 valence electrons. The van der Waals surface area contributed by atoms with Crippen molar-refractivity contribution in [1.82, 2.24) is 9.13 Å². The second kappa shape index (κ2) is 44.3. The van der Waals surface area contributed by atoms with Gasteiger partial charge in [0, 0.05) is 50.2 Å². The molecule has 0 spiro atoms. The zero-order chi connectivity index (χ0) is 89.4. The summed E-state index contributed by atoms with van der Waals surface area (Å²) < 4.78 is 51.8. The summed E-state index contributed by atoms with van der Waals surface area (Å²) in [7, 11) is -8.72. The molecular weight excluding hydrogens is 1580 g/mol. The highest BCUT2D eigenvalue weighted by Gasteiger charge is 2.46. The number of aryl methyl sites for hydroxylation is 4. The van der Waals surface area contributed by atoms with Crippen molar-refractivity contribution in [2.24, 2.45) is 0 Å². The number of hydrogen-bond acceptors (Lipinski definition) is 4. The molecule has 6 nitrogen and oxygen atoms in total. The first kappa shape index (κ1) is 98.5. The van der Waals surface area contributed by atoms with Crippen molar-refractivity contribution in [3.63, 3.8) is 0 Å². The molecule has 0 aliphatic heterocycles. The van der Waals surface area contributed by atoms with E-state index in [9.17, 15) is 10.2 Å². The first-order valence-corrected chi connectivity index (χ1v) is 59.0. The molecule has 0 radical (unpaired) electrons. The van der Waals surface area contributed by atoms with E-state index in [1.54, 1.807) is 0 Å². The Morgan fingerprint density at radius 3 is 0.756 bits per heavy atom. The third-order valence-electron chi connectivity index (χ3n) is 30.5. The molecule has 0 saturated carbocycles. The largest absolute Gasteiger partial charge is 0.505 e.